The van der Waals surface area contributed by atoms with Gasteiger partial charge in [0.2, 0.25) is 23.6 Å². The Labute approximate surface area is 260 Å². The molecule has 0 aliphatic rings. The van der Waals surface area contributed by atoms with Gasteiger partial charge >= 0.3 is 5.97 Å². The molecule has 14 heteroatoms. The zero-order valence-electron chi connectivity index (χ0n) is 24.8. The number of para-hydroxylation sites is 1. The van der Waals surface area contributed by atoms with Crippen LogP contribution in [0.15, 0.2) is 54.7 Å². The topological polar surface area (TPSA) is 256 Å². The number of aromatic nitrogens is 1. The monoisotopic (exact) mass is 623 g/mol. The summed E-state index contributed by atoms with van der Waals surface area (Å²) in [5.41, 5.74) is 19.2. The average molecular weight is 624 g/mol. The Kier molecular flexibility index (Phi) is 12.9. The lowest BCUT2D eigenvalue weighted by Gasteiger charge is -2.25. The van der Waals surface area contributed by atoms with Gasteiger partial charge in [-0.3, -0.25) is 19.2 Å². The smallest absolute Gasteiger partial charge is 0.326 e. The minimum absolute atomic E-state index is 0.0223. The molecule has 14 nitrogen and oxygen atoms in total. The Morgan fingerprint density at radius 2 is 1.44 bits per heavy atom. The van der Waals surface area contributed by atoms with Crippen molar-refractivity contribution in [1.82, 2.24) is 20.9 Å². The predicted octanol–water partition coefficient (Wildman–Crippen LogP) is -0.0805. The van der Waals surface area contributed by atoms with Gasteiger partial charge < -0.3 is 48.3 Å². The molecule has 2 aromatic carbocycles. The SMILES string of the molecule is NCCCCC(NC(=O)C(CCC(N)=O)NC(=O)C(Cc1c[nH]c2ccccc12)NC(=O)C(N)Cc1ccc(O)cc1)C(=O)O. The molecular formula is C31H41N7O7. The van der Waals surface area contributed by atoms with Gasteiger partial charge in [0, 0.05) is 29.9 Å². The first-order valence-electron chi connectivity index (χ1n) is 14.7. The number of benzene rings is 2. The molecule has 0 aliphatic carbocycles. The van der Waals surface area contributed by atoms with E-state index < -0.39 is 53.8 Å². The number of rotatable bonds is 18. The van der Waals surface area contributed by atoms with E-state index in [9.17, 15) is 34.2 Å². The van der Waals surface area contributed by atoms with Crippen LogP contribution in [0, 0.1) is 0 Å². The van der Waals surface area contributed by atoms with E-state index in [0.29, 0.717) is 30.5 Å². The number of phenolic OH excluding ortho intramolecular Hbond substituents is 1. The van der Waals surface area contributed by atoms with Gasteiger partial charge in [-0.15, -0.1) is 0 Å². The van der Waals surface area contributed by atoms with Crippen molar-refractivity contribution in [2.24, 2.45) is 17.2 Å². The fourth-order valence-electron chi connectivity index (χ4n) is 4.84. The van der Waals surface area contributed by atoms with Crippen molar-refractivity contribution in [2.45, 2.75) is 69.1 Å². The highest BCUT2D eigenvalue weighted by Gasteiger charge is 2.31. The number of amides is 4. The summed E-state index contributed by atoms with van der Waals surface area (Å²) in [4.78, 5) is 66.6. The van der Waals surface area contributed by atoms with E-state index in [4.69, 9.17) is 17.2 Å². The van der Waals surface area contributed by atoms with Crippen LogP contribution in [0.2, 0.25) is 0 Å². The minimum atomic E-state index is -1.32. The molecule has 0 radical (unpaired) electrons. The largest absolute Gasteiger partial charge is 0.508 e. The zero-order chi connectivity index (χ0) is 32.9. The molecule has 242 valence electrons. The quantitative estimate of drug-likeness (QED) is 0.0857. The Bertz CT molecular complexity index is 1470. The number of hydrogen-bond acceptors (Lipinski definition) is 8. The van der Waals surface area contributed by atoms with Gasteiger partial charge in [0.15, 0.2) is 0 Å². The number of carbonyl (C=O) groups excluding carboxylic acids is 4. The number of unbranched alkanes of at least 4 members (excludes halogenated alkanes) is 1. The summed E-state index contributed by atoms with van der Waals surface area (Å²) in [6.45, 7) is 0.361. The van der Waals surface area contributed by atoms with Crippen LogP contribution in [0.5, 0.6) is 5.75 Å². The third-order valence-corrected chi connectivity index (χ3v) is 7.33. The number of aromatic hydroxyl groups is 1. The summed E-state index contributed by atoms with van der Waals surface area (Å²) in [5, 5.41) is 27.7. The van der Waals surface area contributed by atoms with Crippen molar-refractivity contribution in [3.63, 3.8) is 0 Å². The molecule has 4 unspecified atom stereocenters. The fourth-order valence-corrected chi connectivity index (χ4v) is 4.84. The molecule has 12 N–H and O–H groups in total. The lowest BCUT2D eigenvalue weighted by molar-refractivity contribution is -0.142. The van der Waals surface area contributed by atoms with E-state index in [1.807, 2.05) is 24.3 Å². The standard InChI is InChI=1S/C31H41N7O7/c32-14-4-3-7-25(31(44)45)37-29(42)24(12-13-27(34)40)36-30(43)26(16-19-17-35-23-6-2-1-5-21(19)23)38-28(41)22(33)15-18-8-10-20(39)11-9-18/h1-2,5-6,8-11,17,22,24-26,35,39H,3-4,7,12-16,32-33H2,(H2,34,40)(H,36,43)(H,37,42)(H,38,41)(H,44,45). The molecule has 0 aliphatic heterocycles. The first-order chi connectivity index (χ1) is 21.5. The molecule has 3 aromatic rings. The highest BCUT2D eigenvalue weighted by Crippen LogP contribution is 2.20. The van der Waals surface area contributed by atoms with Crippen LogP contribution < -0.4 is 33.2 Å². The third-order valence-electron chi connectivity index (χ3n) is 7.33. The number of phenols is 1. The zero-order valence-corrected chi connectivity index (χ0v) is 24.8. The van der Waals surface area contributed by atoms with Crippen molar-refractivity contribution in [3.05, 3.63) is 65.9 Å². The molecule has 0 fully saturated rings. The molecule has 0 saturated carbocycles. The van der Waals surface area contributed by atoms with Gasteiger partial charge in [0.25, 0.3) is 0 Å². The van der Waals surface area contributed by atoms with Crippen molar-refractivity contribution >= 4 is 40.5 Å². The van der Waals surface area contributed by atoms with Crippen LogP contribution in [0.1, 0.15) is 43.2 Å². The van der Waals surface area contributed by atoms with Gasteiger partial charge in [0.05, 0.1) is 6.04 Å². The second-order valence-electron chi connectivity index (χ2n) is 10.9. The van der Waals surface area contributed by atoms with Crippen molar-refractivity contribution < 1.29 is 34.2 Å². The van der Waals surface area contributed by atoms with Gasteiger partial charge in [-0.05, 0) is 68.0 Å². The van der Waals surface area contributed by atoms with Gasteiger partial charge in [-0.1, -0.05) is 30.3 Å². The second kappa shape index (κ2) is 16.8. The first-order valence-corrected chi connectivity index (χ1v) is 14.7. The number of hydrogen-bond donors (Lipinski definition) is 9. The number of H-pyrrole nitrogens is 1. The number of nitrogens with one attached hydrogen (secondary N) is 4. The van der Waals surface area contributed by atoms with E-state index >= 15 is 0 Å². The normalized spacial score (nSPS) is 13.7. The number of carboxylic acid groups (broad SMARTS) is 1. The third kappa shape index (κ3) is 10.6. The highest BCUT2D eigenvalue weighted by molar-refractivity contribution is 5.95. The average Bonchev–Trinajstić information content (AvgIpc) is 3.41. The summed E-state index contributed by atoms with van der Waals surface area (Å²) in [7, 11) is 0. The number of nitrogens with two attached hydrogens (primary N) is 3. The first kappa shape index (κ1) is 34.5. The molecule has 0 bridgehead atoms. The van der Waals surface area contributed by atoms with Crippen molar-refractivity contribution in [2.75, 3.05) is 6.54 Å². The molecular weight excluding hydrogens is 582 g/mol. The Balaban J connectivity index is 1.82. The minimum Gasteiger partial charge on any atom is -0.508 e. The summed E-state index contributed by atoms with van der Waals surface area (Å²) in [5.74, 6) is -4.11. The molecule has 4 atom stereocenters. The maximum atomic E-state index is 13.7. The molecule has 45 heavy (non-hydrogen) atoms. The number of aliphatic carboxylic acids is 1. The number of carbonyl (C=O) groups is 5. The van der Waals surface area contributed by atoms with Crippen LogP contribution in [-0.4, -0.2) is 75.5 Å². The summed E-state index contributed by atoms with van der Waals surface area (Å²) in [6, 6.07) is 8.77. The predicted molar refractivity (Wildman–Crippen MR) is 167 cm³/mol. The van der Waals surface area contributed by atoms with Crippen LogP contribution in [-0.2, 0) is 36.8 Å². The van der Waals surface area contributed by atoms with Crippen LogP contribution in [0.4, 0.5) is 0 Å². The summed E-state index contributed by atoms with van der Waals surface area (Å²) in [6.07, 6.45) is 2.53. The summed E-state index contributed by atoms with van der Waals surface area (Å²) >= 11 is 0. The van der Waals surface area contributed by atoms with E-state index in [1.165, 1.54) is 12.1 Å². The maximum Gasteiger partial charge on any atom is 0.326 e. The molecule has 0 spiro atoms. The van der Waals surface area contributed by atoms with E-state index in [1.54, 1.807) is 18.3 Å². The Morgan fingerprint density at radius 1 is 0.800 bits per heavy atom. The second-order valence-corrected chi connectivity index (χ2v) is 10.9. The molecule has 3 rings (SSSR count). The lowest BCUT2D eigenvalue weighted by atomic mass is 10.0. The Morgan fingerprint density at radius 3 is 2.11 bits per heavy atom. The molecule has 0 saturated heterocycles. The van der Waals surface area contributed by atoms with E-state index in [2.05, 4.69) is 20.9 Å². The number of fused-ring (bicyclic) bond motifs is 1. The Hall–Kier alpha value is -4.95. The van der Waals surface area contributed by atoms with Crippen LogP contribution >= 0.6 is 0 Å². The fraction of sp³-hybridized carbons (Fsp3) is 0.387. The van der Waals surface area contributed by atoms with E-state index in [-0.39, 0.29) is 37.9 Å². The highest BCUT2D eigenvalue weighted by atomic mass is 16.4. The maximum absolute atomic E-state index is 13.7. The number of aromatic amines is 1. The van der Waals surface area contributed by atoms with Crippen molar-refractivity contribution in [3.8, 4) is 5.75 Å². The van der Waals surface area contributed by atoms with Crippen LogP contribution in [0.3, 0.4) is 0 Å². The van der Waals surface area contributed by atoms with Gasteiger partial charge in [-0.25, -0.2) is 4.79 Å². The van der Waals surface area contributed by atoms with Gasteiger partial charge in [-0.2, -0.15) is 0 Å². The molecule has 1 heterocycles. The lowest BCUT2D eigenvalue weighted by Crippen LogP contribution is -2.57. The van der Waals surface area contributed by atoms with Crippen molar-refractivity contribution in [1.29, 1.82) is 0 Å². The number of carboxylic acids is 1. The molecule has 1 aromatic heterocycles. The van der Waals surface area contributed by atoms with Gasteiger partial charge in [0.1, 0.15) is 23.9 Å². The number of primary amides is 1. The van der Waals surface area contributed by atoms with Crippen LogP contribution in [0.25, 0.3) is 10.9 Å². The molecule has 4 amide bonds. The summed E-state index contributed by atoms with van der Waals surface area (Å²) < 4.78 is 0. The van der Waals surface area contributed by atoms with E-state index in [0.717, 1.165) is 10.9 Å².